The van der Waals surface area contributed by atoms with Gasteiger partial charge in [0.15, 0.2) is 5.58 Å². The van der Waals surface area contributed by atoms with Gasteiger partial charge < -0.3 is 19.2 Å². The zero-order chi connectivity index (χ0) is 22.3. The van der Waals surface area contributed by atoms with Crippen LogP contribution in [0.1, 0.15) is 61.5 Å². The summed E-state index contributed by atoms with van der Waals surface area (Å²) in [6.07, 6.45) is 8.35. The lowest BCUT2D eigenvalue weighted by Gasteiger charge is -2.44. The van der Waals surface area contributed by atoms with E-state index in [1.807, 2.05) is 41.8 Å². The number of benzene rings is 1. The number of halogens is 1. The summed E-state index contributed by atoms with van der Waals surface area (Å²) in [5, 5.41) is 3.30. The SMILES string of the molecule is C[C@@]1(C(=O)NC2CCCCCC2)Cn2c(cc3occc32)C(=O)N1Cc1cccc(Br)c1. The number of aromatic nitrogens is 1. The third-order valence-corrected chi connectivity index (χ3v) is 7.45. The normalized spacial score (nSPS) is 22.1. The number of nitrogens with zero attached hydrogens (tertiary/aromatic N) is 2. The highest BCUT2D eigenvalue weighted by Gasteiger charge is 2.48. The van der Waals surface area contributed by atoms with Crippen LogP contribution in [0.25, 0.3) is 11.1 Å². The zero-order valence-corrected chi connectivity index (χ0v) is 19.9. The van der Waals surface area contributed by atoms with E-state index in [1.54, 1.807) is 17.2 Å². The lowest BCUT2D eigenvalue weighted by atomic mass is 9.93. The molecule has 0 unspecified atom stereocenters. The molecule has 5 rings (SSSR count). The van der Waals surface area contributed by atoms with Gasteiger partial charge in [-0.25, -0.2) is 0 Å². The molecule has 3 heterocycles. The highest BCUT2D eigenvalue weighted by molar-refractivity contribution is 9.10. The predicted molar refractivity (Wildman–Crippen MR) is 126 cm³/mol. The highest BCUT2D eigenvalue weighted by atomic mass is 79.9. The van der Waals surface area contributed by atoms with Gasteiger partial charge >= 0.3 is 0 Å². The van der Waals surface area contributed by atoms with E-state index in [4.69, 9.17) is 4.42 Å². The van der Waals surface area contributed by atoms with Crippen molar-refractivity contribution in [1.29, 1.82) is 0 Å². The molecule has 0 radical (unpaired) electrons. The Morgan fingerprint density at radius 2 is 1.97 bits per heavy atom. The maximum Gasteiger partial charge on any atom is 0.271 e. The molecule has 32 heavy (non-hydrogen) atoms. The van der Waals surface area contributed by atoms with Gasteiger partial charge in [-0.05, 0) is 37.5 Å². The van der Waals surface area contributed by atoms with Gasteiger partial charge in [-0.2, -0.15) is 0 Å². The fourth-order valence-corrected chi connectivity index (χ4v) is 5.55. The number of nitrogens with one attached hydrogen (secondary N) is 1. The number of furan rings is 1. The van der Waals surface area contributed by atoms with Crippen LogP contribution in [0.4, 0.5) is 0 Å². The van der Waals surface area contributed by atoms with Crippen LogP contribution in [-0.4, -0.2) is 32.9 Å². The minimum Gasteiger partial charge on any atom is -0.463 e. The monoisotopic (exact) mass is 497 g/mol. The number of amides is 2. The second-order valence-corrected chi connectivity index (χ2v) is 10.2. The summed E-state index contributed by atoms with van der Waals surface area (Å²) in [6, 6.07) is 11.7. The van der Waals surface area contributed by atoms with Crippen molar-refractivity contribution in [2.45, 2.75) is 70.1 Å². The van der Waals surface area contributed by atoms with Gasteiger partial charge in [0.2, 0.25) is 5.91 Å². The largest absolute Gasteiger partial charge is 0.463 e. The summed E-state index contributed by atoms with van der Waals surface area (Å²) >= 11 is 3.52. The number of hydrogen-bond acceptors (Lipinski definition) is 3. The Bertz CT molecular complexity index is 1160. The molecule has 0 bridgehead atoms. The first-order chi connectivity index (χ1) is 15.5. The van der Waals surface area contributed by atoms with E-state index in [-0.39, 0.29) is 17.9 Å². The minimum absolute atomic E-state index is 0.0799. The summed E-state index contributed by atoms with van der Waals surface area (Å²) in [7, 11) is 0. The summed E-state index contributed by atoms with van der Waals surface area (Å²) in [5.74, 6) is -0.232. The van der Waals surface area contributed by atoms with Crippen LogP contribution in [0.3, 0.4) is 0 Å². The lowest BCUT2D eigenvalue weighted by Crippen LogP contribution is -2.64. The predicted octanol–water partition coefficient (Wildman–Crippen LogP) is 5.25. The van der Waals surface area contributed by atoms with Crippen LogP contribution >= 0.6 is 15.9 Å². The van der Waals surface area contributed by atoms with Crippen molar-refractivity contribution in [3.63, 3.8) is 0 Å². The first-order valence-electron chi connectivity index (χ1n) is 11.4. The molecule has 2 aromatic heterocycles. The second-order valence-electron chi connectivity index (χ2n) is 9.24. The summed E-state index contributed by atoms with van der Waals surface area (Å²) < 4.78 is 8.44. The Morgan fingerprint density at radius 3 is 2.72 bits per heavy atom. The van der Waals surface area contributed by atoms with Gasteiger partial charge in [0.1, 0.15) is 11.2 Å². The zero-order valence-electron chi connectivity index (χ0n) is 18.3. The number of rotatable bonds is 4. The van der Waals surface area contributed by atoms with E-state index >= 15 is 0 Å². The fourth-order valence-electron chi connectivity index (χ4n) is 5.10. The van der Waals surface area contributed by atoms with E-state index in [2.05, 4.69) is 21.2 Å². The Morgan fingerprint density at radius 1 is 1.19 bits per heavy atom. The average molecular weight is 498 g/mol. The van der Waals surface area contributed by atoms with Crippen molar-refractivity contribution in [2.24, 2.45) is 0 Å². The van der Waals surface area contributed by atoms with E-state index in [0.29, 0.717) is 24.4 Å². The Kier molecular flexibility index (Phi) is 5.61. The molecule has 1 N–H and O–H groups in total. The summed E-state index contributed by atoms with van der Waals surface area (Å²) in [4.78, 5) is 29.2. The van der Waals surface area contributed by atoms with Crippen molar-refractivity contribution in [3.8, 4) is 0 Å². The molecular weight excluding hydrogens is 470 g/mol. The van der Waals surface area contributed by atoms with Crippen LogP contribution in [0.15, 0.2) is 51.6 Å². The Labute approximate surface area is 196 Å². The molecular formula is C25H28BrN3O3. The lowest BCUT2D eigenvalue weighted by molar-refractivity contribution is -0.134. The smallest absolute Gasteiger partial charge is 0.271 e. The van der Waals surface area contributed by atoms with Gasteiger partial charge in [0.05, 0.1) is 18.3 Å². The van der Waals surface area contributed by atoms with Crippen molar-refractivity contribution < 1.29 is 14.0 Å². The van der Waals surface area contributed by atoms with Crippen LogP contribution in [0.5, 0.6) is 0 Å². The van der Waals surface area contributed by atoms with Gasteiger partial charge in [-0.1, -0.05) is 53.7 Å². The van der Waals surface area contributed by atoms with Crippen LogP contribution in [0, 0.1) is 0 Å². The van der Waals surface area contributed by atoms with Gasteiger partial charge in [-0.15, -0.1) is 0 Å². The van der Waals surface area contributed by atoms with Crippen molar-refractivity contribution >= 4 is 38.8 Å². The van der Waals surface area contributed by atoms with Crippen molar-refractivity contribution in [2.75, 3.05) is 0 Å². The number of fused-ring (bicyclic) bond motifs is 3. The Balaban J connectivity index is 1.52. The maximum atomic E-state index is 13.8. The topological polar surface area (TPSA) is 67.5 Å². The number of carbonyl (C=O) groups excluding carboxylic acids is 2. The van der Waals surface area contributed by atoms with Gasteiger partial charge in [-0.3, -0.25) is 9.59 Å². The van der Waals surface area contributed by atoms with E-state index in [9.17, 15) is 9.59 Å². The van der Waals surface area contributed by atoms with E-state index in [0.717, 1.165) is 41.2 Å². The van der Waals surface area contributed by atoms with E-state index in [1.165, 1.54) is 12.8 Å². The number of carbonyl (C=O) groups is 2. The van der Waals surface area contributed by atoms with Crippen molar-refractivity contribution in [3.05, 3.63) is 58.4 Å². The molecule has 2 amide bonds. The van der Waals surface area contributed by atoms with Crippen LogP contribution in [-0.2, 0) is 17.9 Å². The fraction of sp³-hybridized carbons (Fsp3) is 0.440. The van der Waals surface area contributed by atoms with Crippen LogP contribution < -0.4 is 5.32 Å². The molecule has 2 aliphatic rings. The third-order valence-electron chi connectivity index (χ3n) is 6.96. The molecule has 168 valence electrons. The molecule has 7 heteroatoms. The minimum atomic E-state index is -1.01. The maximum absolute atomic E-state index is 13.8. The Hall–Kier alpha value is -2.54. The summed E-state index contributed by atoms with van der Waals surface area (Å²) in [5.41, 5.74) is 2.05. The molecule has 1 atom stereocenters. The average Bonchev–Trinajstić information content (AvgIpc) is 3.26. The van der Waals surface area contributed by atoms with Crippen LogP contribution in [0.2, 0.25) is 0 Å². The first kappa shape index (κ1) is 21.3. The molecule has 1 saturated carbocycles. The third kappa shape index (κ3) is 3.76. The molecule has 6 nitrogen and oxygen atoms in total. The van der Waals surface area contributed by atoms with E-state index < -0.39 is 5.54 Å². The molecule has 1 aromatic carbocycles. The summed E-state index contributed by atoms with van der Waals surface area (Å²) in [6.45, 7) is 2.65. The molecule has 0 saturated heterocycles. The molecule has 1 fully saturated rings. The van der Waals surface area contributed by atoms with Gasteiger partial charge in [0, 0.05) is 29.2 Å². The molecule has 3 aromatic rings. The standard InChI is InChI=1S/C25H28BrN3O3/c1-25(24(31)27-19-9-4-2-3-5-10-19)16-28-20-11-12-32-22(20)14-21(28)23(30)29(25)15-17-7-6-8-18(26)13-17/h6-8,11-14,19H,2-5,9-10,15-16H2,1H3,(H,27,31)/t25-/m0/s1. The molecule has 1 aliphatic carbocycles. The molecule has 0 spiro atoms. The number of hydrogen-bond donors (Lipinski definition) is 1. The van der Waals surface area contributed by atoms with Crippen molar-refractivity contribution in [1.82, 2.24) is 14.8 Å². The quantitative estimate of drug-likeness (QED) is 0.500. The first-order valence-corrected chi connectivity index (χ1v) is 12.2. The molecule has 1 aliphatic heterocycles. The highest BCUT2D eigenvalue weighted by Crippen LogP contribution is 2.34. The second kappa shape index (κ2) is 8.43. The van der Waals surface area contributed by atoms with Gasteiger partial charge in [0.25, 0.3) is 5.91 Å².